The van der Waals surface area contributed by atoms with Crippen molar-refractivity contribution in [1.29, 1.82) is 0 Å². The minimum absolute atomic E-state index is 0.00228. The normalized spacial score (nSPS) is 17.0. The molecule has 2 aromatic carbocycles. The highest BCUT2D eigenvalue weighted by atomic mass is 19.1. The maximum Gasteiger partial charge on any atom is 0.253 e. The first kappa shape index (κ1) is 18.1. The van der Waals surface area contributed by atoms with Gasteiger partial charge in [0.1, 0.15) is 5.82 Å². The number of benzene rings is 2. The van der Waals surface area contributed by atoms with Crippen molar-refractivity contribution in [2.75, 3.05) is 19.6 Å². The molecule has 0 saturated carbocycles. The lowest BCUT2D eigenvalue weighted by molar-refractivity contribution is -0.126. The number of rotatable bonds is 5. The minimum atomic E-state index is -0.365. The maximum atomic E-state index is 13.0. The van der Waals surface area contributed by atoms with Gasteiger partial charge in [-0.3, -0.25) is 9.59 Å². The highest BCUT2D eigenvalue weighted by Crippen LogP contribution is 2.19. The molecule has 5 heteroatoms. The largest absolute Gasteiger partial charge is 0.355 e. The van der Waals surface area contributed by atoms with Crippen molar-refractivity contribution in [1.82, 2.24) is 10.2 Å². The standard InChI is InChI=1S/C21H23FN2O2/c22-19-10-8-17(9-11-19)21(26)24-14-4-7-18(15-24)20(25)23-13-12-16-5-2-1-3-6-16/h1-3,5-6,8-11,18H,4,7,12-15H2,(H,23,25)/t18-/m1/s1. The van der Waals surface area contributed by atoms with Crippen LogP contribution in [0.15, 0.2) is 54.6 Å². The fraction of sp³-hybridized carbons (Fsp3) is 0.333. The number of carbonyl (C=O) groups excluding carboxylic acids is 2. The van der Waals surface area contributed by atoms with Crippen molar-refractivity contribution in [3.05, 3.63) is 71.5 Å². The lowest BCUT2D eigenvalue weighted by Gasteiger charge is -2.32. The van der Waals surface area contributed by atoms with Crippen LogP contribution in [0.1, 0.15) is 28.8 Å². The van der Waals surface area contributed by atoms with Gasteiger partial charge in [-0.2, -0.15) is 0 Å². The van der Waals surface area contributed by atoms with Gasteiger partial charge in [-0.15, -0.1) is 0 Å². The highest BCUT2D eigenvalue weighted by Gasteiger charge is 2.28. The van der Waals surface area contributed by atoms with E-state index in [-0.39, 0.29) is 23.5 Å². The van der Waals surface area contributed by atoms with Crippen molar-refractivity contribution < 1.29 is 14.0 Å². The quantitative estimate of drug-likeness (QED) is 0.897. The number of carbonyl (C=O) groups is 2. The lowest BCUT2D eigenvalue weighted by atomic mass is 9.96. The van der Waals surface area contributed by atoms with Gasteiger partial charge in [0, 0.05) is 25.2 Å². The van der Waals surface area contributed by atoms with E-state index < -0.39 is 0 Å². The second kappa shape index (κ2) is 8.61. The van der Waals surface area contributed by atoms with Crippen molar-refractivity contribution >= 4 is 11.8 Å². The lowest BCUT2D eigenvalue weighted by Crippen LogP contribution is -2.45. The molecule has 0 aliphatic carbocycles. The van der Waals surface area contributed by atoms with E-state index in [2.05, 4.69) is 5.32 Å². The first-order chi connectivity index (χ1) is 12.6. The summed E-state index contributed by atoms with van der Waals surface area (Å²) in [7, 11) is 0. The maximum absolute atomic E-state index is 13.0. The van der Waals surface area contributed by atoms with E-state index in [4.69, 9.17) is 0 Å². The van der Waals surface area contributed by atoms with E-state index in [0.29, 0.717) is 25.2 Å². The SMILES string of the molecule is O=C(NCCc1ccccc1)[C@@H]1CCCN(C(=O)c2ccc(F)cc2)C1. The predicted octanol–water partition coefficient (Wildman–Crippen LogP) is 3.04. The summed E-state index contributed by atoms with van der Waals surface area (Å²) < 4.78 is 13.0. The van der Waals surface area contributed by atoms with E-state index in [1.54, 1.807) is 4.90 Å². The van der Waals surface area contributed by atoms with Gasteiger partial charge in [0.05, 0.1) is 5.92 Å². The highest BCUT2D eigenvalue weighted by molar-refractivity contribution is 5.94. The van der Waals surface area contributed by atoms with Gasteiger partial charge >= 0.3 is 0 Å². The number of likely N-dealkylation sites (tertiary alicyclic amines) is 1. The Balaban J connectivity index is 1.51. The van der Waals surface area contributed by atoms with Crippen LogP contribution in [0.2, 0.25) is 0 Å². The van der Waals surface area contributed by atoms with Gasteiger partial charge in [0.15, 0.2) is 0 Å². The van der Waals surface area contributed by atoms with Crippen LogP contribution in [-0.4, -0.2) is 36.3 Å². The molecular weight excluding hydrogens is 331 g/mol. The zero-order valence-electron chi connectivity index (χ0n) is 14.7. The topological polar surface area (TPSA) is 49.4 Å². The Bertz CT molecular complexity index is 746. The summed E-state index contributed by atoms with van der Waals surface area (Å²) in [5.74, 6) is -0.705. The summed E-state index contributed by atoms with van der Waals surface area (Å²) in [5.41, 5.74) is 1.64. The van der Waals surface area contributed by atoms with Crippen LogP contribution in [0.25, 0.3) is 0 Å². The predicted molar refractivity (Wildman–Crippen MR) is 98.2 cm³/mol. The Morgan fingerprint density at radius 3 is 2.54 bits per heavy atom. The third-order valence-electron chi connectivity index (χ3n) is 4.73. The number of hydrogen-bond acceptors (Lipinski definition) is 2. The zero-order chi connectivity index (χ0) is 18.4. The summed E-state index contributed by atoms with van der Waals surface area (Å²) in [5, 5.41) is 2.98. The van der Waals surface area contributed by atoms with Crippen molar-refractivity contribution in [3.8, 4) is 0 Å². The average Bonchev–Trinajstić information content (AvgIpc) is 2.69. The summed E-state index contributed by atoms with van der Waals surface area (Å²) in [6.07, 6.45) is 2.37. The van der Waals surface area contributed by atoms with E-state index in [9.17, 15) is 14.0 Å². The molecule has 2 aromatic rings. The molecule has 3 rings (SSSR count). The molecule has 0 bridgehead atoms. The third kappa shape index (κ3) is 4.69. The Hall–Kier alpha value is -2.69. The Labute approximate surface area is 153 Å². The molecule has 136 valence electrons. The van der Waals surface area contributed by atoms with Gasteiger partial charge in [0.2, 0.25) is 5.91 Å². The summed E-state index contributed by atoms with van der Waals surface area (Å²) in [6.45, 7) is 1.63. The second-order valence-electron chi connectivity index (χ2n) is 6.62. The van der Waals surface area contributed by atoms with Gasteiger partial charge in [0.25, 0.3) is 5.91 Å². The molecule has 1 heterocycles. The zero-order valence-corrected chi connectivity index (χ0v) is 14.7. The monoisotopic (exact) mass is 354 g/mol. The van der Waals surface area contributed by atoms with Gasteiger partial charge in [-0.25, -0.2) is 4.39 Å². The second-order valence-corrected chi connectivity index (χ2v) is 6.62. The molecule has 1 fully saturated rings. The van der Waals surface area contributed by atoms with Crippen LogP contribution < -0.4 is 5.32 Å². The molecule has 1 aliphatic heterocycles. The van der Waals surface area contributed by atoms with Crippen molar-refractivity contribution in [2.24, 2.45) is 5.92 Å². The fourth-order valence-corrected chi connectivity index (χ4v) is 3.27. The Kier molecular flexibility index (Phi) is 6.00. The Morgan fingerprint density at radius 2 is 1.81 bits per heavy atom. The van der Waals surface area contributed by atoms with E-state index in [0.717, 1.165) is 19.3 Å². The van der Waals surface area contributed by atoms with Crippen molar-refractivity contribution in [2.45, 2.75) is 19.3 Å². The number of nitrogens with one attached hydrogen (secondary N) is 1. The number of amides is 2. The van der Waals surface area contributed by atoms with Crippen LogP contribution in [0.3, 0.4) is 0 Å². The third-order valence-corrected chi connectivity index (χ3v) is 4.73. The molecular formula is C21H23FN2O2. The first-order valence-corrected chi connectivity index (χ1v) is 9.00. The van der Waals surface area contributed by atoms with Gasteiger partial charge in [-0.1, -0.05) is 30.3 Å². The van der Waals surface area contributed by atoms with Gasteiger partial charge < -0.3 is 10.2 Å². The molecule has 1 atom stereocenters. The van der Waals surface area contributed by atoms with Crippen LogP contribution in [0.5, 0.6) is 0 Å². The van der Waals surface area contributed by atoms with Crippen LogP contribution in [-0.2, 0) is 11.2 Å². The summed E-state index contributed by atoms with van der Waals surface area (Å²) in [4.78, 5) is 26.7. The smallest absolute Gasteiger partial charge is 0.253 e. The summed E-state index contributed by atoms with van der Waals surface area (Å²) in [6, 6.07) is 15.6. The average molecular weight is 354 g/mol. The molecule has 0 unspecified atom stereocenters. The molecule has 0 spiro atoms. The molecule has 1 aliphatic rings. The number of nitrogens with zero attached hydrogens (tertiary/aromatic N) is 1. The van der Waals surface area contributed by atoms with Gasteiger partial charge in [-0.05, 0) is 49.1 Å². The molecule has 1 saturated heterocycles. The number of piperidine rings is 1. The fourth-order valence-electron chi connectivity index (χ4n) is 3.27. The molecule has 0 radical (unpaired) electrons. The Morgan fingerprint density at radius 1 is 1.08 bits per heavy atom. The molecule has 2 amide bonds. The van der Waals surface area contributed by atoms with Crippen LogP contribution in [0.4, 0.5) is 4.39 Å². The molecule has 26 heavy (non-hydrogen) atoms. The van der Waals surface area contributed by atoms with Crippen molar-refractivity contribution in [3.63, 3.8) is 0 Å². The summed E-state index contributed by atoms with van der Waals surface area (Å²) >= 11 is 0. The molecule has 0 aromatic heterocycles. The number of halogens is 1. The van der Waals surface area contributed by atoms with Crippen LogP contribution in [0, 0.1) is 11.7 Å². The van der Waals surface area contributed by atoms with E-state index in [1.807, 2.05) is 30.3 Å². The number of hydrogen-bond donors (Lipinski definition) is 1. The van der Waals surface area contributed by atoms with E-state index >= 15 is 0 Å². The van der Waals surface area contributed by atoms with E-state index in [1.165, 1.54) is 29.8 Å². The first-order valence-electron chi connectivity index (χ1n) is 9.00. The minimum Gasteiger partial charge on any atom is -0.355 e. The molecule has 1 N–H and O–H groups in total. The molecule has 4 nitrogen and oxygen atoms in total. The van der Waals surface area contributed by atoms with Crippen LogP contribution >= 0.6 is 0 Å².